The molecule has 0 saturated carbocycles. The maximum Gasteiger partial charge on any atom is 0.163 e. The van der Waals surface area contributed by atoms with E-state index in [9.17, 15) is 0 Å². The first-order valence-corrected chi connectivity index (χ1v) is 9.15. The first kappa shape index (κ1) is 15.5. The molecule has 0 aromatic carbocycles. The van der Waals surface area contributed by atoms with Gasteiger partial charge in [-0.15, -0.1) is 0 Å². The monoisotopic (exact) mass is 347 g/mol. The number of nitrogens with zero attached hydrogens (tertiary/aromatic N) is 5. The topological polar surface area (TPSA) is 82.6 Å². The van der Waals surface area contributed by atoms with Crippen molar-refractivity contribution in [2.75, 3.05) is 24.5 Å². The summed E-state index contributed by atoms with van der Waals surface area (Å²) in [5.41, 5.74) is 5.93. The first-order valence-electron chi connectivity index (χ1n) is 9.15. The third-order valence-corrected chi connectivity index (χ3v) is 5.18. The number of H-pyrrole nitrogens is 1. The van der Waals surface area contributed by atoms with E-state index in [2.05, 4.69) is 25.4 Å². The van der Waals surface area contributed by atoms with Crippen molar-refractivity contribution >= 4 is 5.82 Å². The van der Waals surface area contributed by atoms with Gasteiger partial charge in [0.05, 0.1) is 11.9 Å². The van der Waals surface area contributed by atoms with Crippen LogP contribution in [0.1, 0.15) is 22.5 Å². The van der Waals surface area contributed by atoms with Crippen molar-refractivity contribution in [1.29, 1.82) is 0 Å². The second kappa shape index (κ2) is 6.49. The van der Waals surface area contributed by atoms with Crippen LogP contribution in [0, 0.1) is 0 Å². The molecule has 0 saturated heterocycles. The molecule has 0 unspecified atom stereocenters. The van der Waals surface area contributed by atoms with Gasteiger partial charge in [-0.2, -0.15) is 5.10 Å². The fourth-order valence-corrected chi connectivity index (χ4v) is 3.81. The van der Waals surface area contributed by atoms with Gasteiger partial charge in [0.25, 0.3) is 0 Å². The molecule has 2 aliphatic rings. The van der Waals surface area contributed by atoms with Gasteiger partial charge in [-0.05, 0) is 25.1 Å². The lowest BCUT2D eigenvalue weighted by molar-refractivity contribution is 0.696. The molecule has 0 bridgehead atoms. The second-order valence-corrected chi connectivity index (χ2v) is 6.83. The SMILES string of the molecule is c1cncc(-c2nc3c(c(N4CCc5[nH]ncc5C4)n2)CCNCC3)c1. The highest BCUT2D eigenvalue weighted by Crippen LogP contribution is 2.30. The van der Waals surface area contributed by atoms with E-state index in [-0.39, 0.29) is 0 Å². The number of aromatic amines is 1. The molecule has 2 aliphatic heterocycles. The van der Waals surface area contributed by atoms with Crippen LogP contribution in [0.5, 0.6) is 0 Å². The molecular formula is C19H21N7. The minimum Gasteiger partial charge on any atom is -0.351 e. The highest BCUT2D eigenvalue weighted by atomic mass is 15.2. The lowest BCUT2D eigenvalue weighted by atomic mass is 10.0. The summed E-state index contributed by atoms with van der Waals surface area (Å²) in [6, 6.07) is 3.96. The van der Waals surface area contributed by atoms with Crippen molar-refractivity contribution in [3.05, 3.63) is 53.2 Å². The number of fused-ring (bicyclic) bond motifs is 2. The summed E-state index contributed by atoms with van der Waals surface area (Å²) in [4.78, 5) is 16.5. The Labute approximate surface area is 151 Å². The predicted octanol–water partition coefficient (Wildman–Crippen LogP) is 1.51. The highest BCUT2D eigenvalue weighted by molar-refractivity contribution is 5.60. The average molecular weight is 347 g/mol. The molecule has 0 atom stereocenters. The summed E-state index contributed by atoms with van der Waals surface area (Å²) in [5.74, 6) is 1.84. The number of hydrogen-bond acceptors (Lipinski definition) is 6. The Balaban J connectivity index is 1.61. The van der Waals surface area contributed by atoms with E-state index in [1.54, 1.807) is 6.20 Å². The van der Waals surface area contributed by atoms with Crippen LogP contribution in [-0.2, 0) is 25.8 Å². The smallest absolute Gasteiger partial charge is 0.163 e. The van der Waals surface area contributed by atoms with Gasteiger partial charge in [-0.1, -0.05) is 0 Å². The van der Waals surface area contributed by atoms with E-state index in [4.69, 9.17) is 9.97 Å². The summed E-state index contributed by atoms with van der Waals surface area (Å²) < 4.78 is 0. The van der Waals surface area contributed by atoms with Crippen LogP contribution in [0.15, 0.2) is 30.7 Å². The van der Waals surface area contributed by atoms with E-state index in [0.717, 1.165) is 68.3 Å². The van der Waals surface area contributed by atoms with Crippen LogP contribution >= 0.6 is 0 Å². The first-order chi connectivity index (χ1) is 12.9. The van der Waals surface area contributed by atoms with Crippen LogP contribution < -0.4 is 10.2 Å². The summed E-state index contributed by atoms with van der Waals surface area (Å²) in [6.45, 7) is 3.72. The van der Waals surface area contributed by atoms with Gasteiger partial charge in [0, 0.05) is 67.3 Å². The normalized spacial score (nSPS) is 16.7. The Morgan fingerprint density at radius 3 is 2.92 bits per heavy atom. The molecule has 0 spiro atoms. The lowest BCUT2D eigenvalue weighted by Crippen LogP contribution is -2.32. The third kappa shape index (κ3) is 2.74. The summed E-state index contributed by atoms with van der Waals surface area (Å²) in [6.07, 6.45) is 8.42. The fraction of sp³-hybridized carbons (Fsp3) is 0.368. The van der Waals surface area contributed by atoms with Crippen LogP contribution in [0.3, 0.4) is 0 Å². The van der Waals surface area contributed by atoms with Gasteiger partial charge in [-0.3, -0.25) is 10.1 Å². The van der Waals surface area contributed by atoms with Crippen LogP contribution in [-0.4, -0.2) is 44.8 Å². The second-order valence-electron chi connectivity index (χ2n) is 6.83. The van der Waals surface area contributed by atoms with Gasteiger partial charge in [0.1, 0.15) is 5.82 Å². The number of anilines is 1. The van der Waals surface area contributed by atoms with Gasteiger partial charge >= 0.3 is 0 Å². The summed E-state index contributed by atoms with van der Waals surface area (Å²) >= 11 is 0. The van der Waals surface area contributed by atoms with Gasteiger partial charge < -0.3 is 10.2 Å². The van der Waals surface area contributed by atoms with E-state index in [0.29, 0.717) is 0 Å². The van der Waals surface area contributed by atoms with E-state index in [1.165, 1.54) is 16.8 Å². The van der Waals surface area contributed by atoms with Crippen molar-refractivity contribution in [2.24, 2.45) is 0 Å². The van der Waals surface area contributed by atoms with Crippen LogP contribution in [0.4, 0.5) is 5.82 Å². The standard InChI is InChI=1S/C19H21N7/c1-2-13(10-21-6-1)18-23-17-4-8-20-7-3-15(17)19(24-18)26-9-5-16-14(12-26)11-22-25-16/h1-2,6,10-11,20H,3-5,7-9,12H2,(H,22,25). The molecule has 7 heteroatoms. The quantitative estimate of drug-likeness (QED) is 0.731. The van der Waals surface area contributed by atoms with Crippen molar-refractivity contribution in [2.45, 2.75) is 25.8 Å². The zero-order valence-electron chi connectivity index (χ0n) is 14.6. The van der Waals surface area contributed by atoms with Gasteiger partial charge in [0.15, 0.2) is 5.82 Å². The van der Waals surface area contributed by atoms with Crippen LogP contribution in [0.2, 0.25) is 0 Å². The molecule has 132 valence electrons. The Bertz CT molecular complexity index is 919. The molecule has 0 aliphatic carbocycles. The summed E-state index contributed by atoms with van der Waals surface area (Å²) in [7, 11) is 0. The zero-order chi connectivity index (χ0) is 17.3. The number of nitrogens with one attached hydrogen (secondary N) is 2. The zero-order valence-corrected chi connectivity index (χ0v) is 14.6. The van der Waals surface area contributed by atoms with Crippen molar-refractivity contribution < 1.29 is 0 Å². The van der Waals surface area contributed by atoms with Gasteiger partial charge in [0.2, 0.25) is 0 Å². The molecule has 5 heterocycles. The van der Waals surface area contributed by atoms with E-state index >= 15 is 0 Å². The molecule has 5 rings (SSSR count). The lowest BCUT2D eigenvalue weighted by Gasteiger charge is -2.30. The Morgan fingerprint density at radius 1 is 1.04 bits per heavy atom. The molecule has 0 fully saturated rings. The summed E-state index contributed by atoms with van der Waals surface area (Å²) in [5, 5.41) is 10.8. The highest BCUT2D eigenvalue weighted by Gasteiger charge is 2.25. The Hall–Kier alpha value is -2.80. The van der Waals surface area contributed by atoms with Crippen molar-refractivity contribution in [3.63, 3.8) is 0 Å². The third-order valence-electron chi connectivity index (χ3n) is 5.18. The minimum absolute atomic E-state index is 0.770. The Morgan fingerprint density at radius 2 is 2.00 bits per heavy atom. The molecule has 26 heavy (non-hydrogen) atoms. The average Bonchev–Trinajstić information content (AvgIpc) is 3.03. The fourth-order valence-electron chi connectivity index (χ4n) is 3.81. The van der Waals surface area contributed by atoms with Crippen molar-refractivity contribution in [1.82, 2.24) is 30.5 Å². The number of rotatable bonds is 2. The number of hydrogen-bond donors (Lipinski definition) is 2. The predicted molar refractivity (Wildman–Crippen MR) is 98.9 cm³/mol. The Kier molecular flexibility index (Phi) is 3.86. The van der Waals surface area contributed by atoms with Gasteiger partial charge in [-0.25, -0.2) is 9.97 Å². The number of pyridine rings is 1. The largest absolute Gasteiger partial charge is 0.351 e. The molecule has 0 amide bonds. The minimum atomic E-state index is 0.770. The van der Waals surface area contributed by atoms with Crippen molar-refractivity contribution in [3.8, 4) is 11.4 Å². The molecule has 2 N–H and O–H groups in total. The molecule has 0 radical (unpaired) electrons. The molecular weight excluding hydrogens is 326 g/mol. The van der Waals surface area contributed by atoms with E-state index < -0.39 is 0 Å². The maximum atomic E-state index is 5.00. The molecule has 3 aromatic rings. The van der Waals surface area contributed by atoms with E-state index in [1.807, 2.05) is 24.5 Å². The molecule has 3 aromatic heterocycles. The number of aromatic nitrogens is 5. The van der Waals surface area contributed by atoms with Crippen LogP contribution in [0.25, 0.3) is 11.4 Å². The maximum absolute atomic E-state index is 5.00. The molecule has 7 nitrogen and oxygen atoms in total.